The number of hydrogen-bond donors (Lipinski definition) is 0. The van der Waals surface area contributed by atoms with Gasteiger partial charge in [-0.3, -0.25) is 10.1 Å². The molecule has 3 rings (SSSR count). The molecule has 3 aromatic carbocycles. The molecule has 3 aromatic rings. The normalized spacial score (nSPS) is 10.3. The highest BCUT2D eigenvalue weighted by atomic mass is 79.9. The van der Waals surface area contributed by atoms with Crippen molar-refractivity contribution in [2.45, 2.75) is 6.61 Å². The Morgan fingerprint density at radius 3 is 2.11 bits per heavy atom. The summed E-state index contributed by atoms with van der Waals surface area (Å²) in [7, 11) is 0. The number of nitro benzene ring substituents is 1. The van der Waals surface area contributed by atoms with Gasteiger partial charge in [0, 0.05) is 16.6 Å². The lowest BCUT2D eigenvalue weighted by molar-refractivity contribution is -0.384. The second kappa shape index (κ2) is 8.46. The molecule has 136 valence electrons. The maximum Gasteiger partial charge on any atom is 0.339 e. The van der Waals surface area contributed by atoms with Crippen molar-refractivity contribution in [3.63, 3.8) is 0 Å². The molecule has 0 spiro atoms. The summed E-state index contributed by atoms with van der Waals surface area (Å²) >= 11 is 3.32. The number of esters is 1. The van der Waals surface area contributed by atoms with E-state index >= 15 is 0 Å². The fourth-order valence-corrected chi connectivity index (χ4v) is 2.73. The fraction of sp³-hybridized carbons (Fsp3) is 0.0500. The summed E-state index contributed by atoms with van der Waals surface area (Å²) in [4.78, 5) is 22.3. The van der Waals surface area contributed by atoms with E-state index in [1.54, 1.807) is 42.5 Å². The molecule has 0 radical (unpaired) electrons. The second-order valence-corrected chi connectivity index (χ2v) is 6.41. The van der Waals surface area contributed by atoms with Crippen LogP contribution in [0, 0.1) is 10.1 Å². The number of ether oxygens (including phenoxy) is 2. The maximum atomic E-state index is 12.1. The lowest BCUT2D eigenvalue weighted by Gasteiger charge is -2.08. The fourth-order valence-electron chi connectivity index (χ4n) is 2.28. The number of benzene rings is 3. The number of rotatable bonds is 6. The van der Waals surface area contributed by atoms with E-state index in [4.69, 9.17) is 9.47 Å². The lowest BCUT2D eigenvalue weighted by Crippen LogP contribution is -2.05. The number of halogens is 1. The molecule has 0 saturated carbocycles. The number of hydrogen-bond acceptors (Lipinski definition) is 5. The van der Waals surface area contributed by atoms with Crippen LogP contribution in [0.25, 0.3) is 0 Å². The summed E-state index contributed by atoms with van der Waals surface area (Å²) in [5.41, 5.74) is 1.28. The van der Waals surface area contributed by atoms with Gasteiger partial charge in [-0.1, -0.05) is 24.3 Å². The summed E-state index contributed by atoms with van der Waals surface area (Å²) in [6, 6.07) is 19.9. The first-order chi connectivity index (χ1) is 13.0. The topological polar surface area (TPSA) is 78.7 Å². The molecule has 0 fully saturated rings. The zero-order chi connectivity index (χ0) is 19.2. The van der Waals surface area contributed by atoms with Gasteiger partial charge in [-0.2, -0.15) is 0 Å². The molecular formula is C20H14BrNO5. The van der Waals surface area contributed by atoms with E-state index < -0.39 is 10.9 Å². The van der Waals surface area contributed by atoms with Crippen molar-refractivity contribution < 1.29 is 19.2 Å². The van der Waals surface area contributed by atoms with Gasteiger partial charge in [0.05, 0.1) is 10.5 Å². The molecule has 0 saturated heterocycles. The molecule has 0 aliphatic rings. The highest BCUT2D eigenvalue weighted by Crippen LogP contribution is 2.24. The van der Waals surface area contributed by atoms with Crippen LogP contribution in [0.3, 0.4) is 0 Å². The highest BCUT2D eigenvalue weighted by molar-refractivity contribution is 9.10. The van der Waals surface area contributed by atoms with Crippen molar-refractivity contribution in [1.29, 1.82) is 0 Å². The predicted octanol–water partition coefficient (Wildman–Crippen LogP) is 5.51. The number of carbonyl (C=O) groups is 1. The Morgan fingerprint density at radius 1 is 0.926 bits per heavy atom. The second-order valence-electron chi connectivity index (χ2n) is 5.55. The van der Waals surface area contributed by atoms with Gasteiger partial charge in [0.1, 0.15) is 18.1 Å². The van der Waals surface area contributed by atoms with Gasteiger partial charge in [-0.05, 0) is 57.9 Å². The van der Waals surface area contributed by atoms with Gasteiger partial charge in [-0.15, -0.1) is 0 Å². The SMILES string of the molecule is O=C(OCc1ccc(Oc2ccc([N+](=O)[O-])cc2)cc1)c1ccccc1Br. The van der Waals surface area contributed by atoms with Crippen LogP contribution in [0.4, 0.5) is 5.69 Å². The third kappa shape index (κ3) is 4.92. The van der Waals surface area contributed by atoms with E-state index in [0.717, 1.165) is 5.56 Å². The first-order valence-corrected chi connectivity index (χ1v) is 8.75. The van der Waals surface area contributed by atoms with Crippen molar-refractivity contribution in [2.75, 3.05) is 0 Å². The van der Waals surface area contributed by atoms with Crippen LogP contribution in [-0.4, -0.2) is 10.9 Å². The zero-order valence-corrected chi connectivity index (χ0v) is 15.6. The van der Waals surface area contributed by atoms with Crippen molar-refractivity contribution in [2.24, 2.45) is 0 Å². The Balaban J connectivity index is 1.58. The lowest BCUT2D eigenvalue weighted by atomic mass is 10.2. The van der Waals surface area contributed by atoms with Crippen molar-refractivity contribution in [3.8, 4) is 11.5 Å². The van der Waals surface area contributed by atoms with Crippen molar-refractivity contribution in [3.05, 3.63) is 98.5 Å². The minimum atomic E-state index is -0.464. The molecule has 0 aliphatic heterocycles. The molecule has 0 N–H and O–H groups in total. The molecule has 0 heterocycles. The Morgan fingerprint density at radius 2 is 1.52 bits per heavy atom. The largest absolute Gasteiger partial charge is 0.457 e. The first-order valence-electron chi connectivity index (χ1n) is 7.96. The Bertz CT molecular complexity index is 955. The average Bonchev–Trinajstić information content (AvgIpc) is 2.68. The van der Waals surface area contributed by atoms with Crippen molar-refractivity contribution in [1.82, 2.24) is 0 Å². The minimum absolute atomic E-state index is 0.00423. The molecule has 0 aromatic heterocycles. The summed E-state index contributed by atoms with van der Waals surface area (Å²) in [6.45, 7) is 0.137. The van der Waals surface area contributed by atoms with Crippen LogP contribution in [-0.2, 0) is 11.3 Å². The Hall–Kier alpha value is -3.19. The molecule has 0 aliphatic carbocycles. The highest BCUT2D eigenvalue weighted by Gasteiger charge is 2.11. The van der Waals surface area contributed by atoms with Crippen LogP contribution in [0.5, 0.6) is 11.5 Å². The summed E-state index contributed by atoms with van der Waals surface area (Å²) in [5.74, 6) is 0.659. The van der Waals surface area contributed by atoms with Crippen LogP contribution >= 0.6 is 15.9 Å². The summed E-state index contributed by atoms with van der Waals surface area (Å²) < 4.78 is 11.6. The quantitative estimate of drug-likeness (QED) is 0.294. The van der Waals surface area contributed by atoms with E-state index in [-0.39, 0.29) is 12.3 Å². The monoisotopic (exact) mass is 427 g/mol. The minimum Gasteiger partial charge on any atom is -0.457 e. The van der Waals surface area contributed by atoms with Gasteiger partial charge < -0.3 is 9.47 Å². The smallest absolute Gasteiger partial charge is 0.339 e. The Kier molecular flexibility index (Phi) is 5.83. The van der Waals surface area contributed by atoms with Gasteiger partial charge in [0.25, 0.3) is 5.69 Å². The van der Waals surface area contributed by atoms with E-state index in [2.05, 4.69) is 15.9 Å². The molecule has 0 unspecified atom stereocenters. The standard InChI is InChI=1S/C20H14BrNO5/c21-19-4-2-1-3-18(19)20(23)26-13-14-5-9-16(10-6-14)27-17-11-7-15(8-12-17)22(24)25/h1-12H,13H2. The third-order valence-electron chi connectivity index (χ3n) is 3.67. The molecular weight excluding hydrogens is 414 g/mol. The molecule has 0 atom stereocenters. The molecule has 7 heteroatoms. The number of carbonyl (C=O) groups excluding carboxylic acids is 1. The molecule has 27 heavy (non-hydrogen) atoms. The van der Waals surface area contributed by atoms with Gasteiger partial charge in [0.2, 0.25) is 0 Å². The number of nitrogens with zero attached hydrogens (tertiary/aromatic N) is 1. The number of nitro groups is 1. The van der Waals surface area contributed by atoms with Gasteiger partial charge in [-0.25, -0.2) is 4.79 Å². The maximum absolute atomic E-state index is 12.1. The van der Waals surface area contributed by atoms with Crippen molar-refractivity contribution >= 4 is 27.6 Å². The Labute approximate surface area is 163 Å². The van der Waals surface area contributed by atoms with Crippen LogP contribution < -0.4 is 4.74 Å². The van der Waals surface area contributed by atoms with Crippen LogP contribution in [0.2, 0.25) is 0 Å². The first kappa shape index (κ1) is 18.6. The summed E-state index contributed by atoms with van der Waals surface area (Å²) in [5, 5.41) is 10.7. The van der Waals surface area contributed by atoms with E-state index in [1.807, 2.05) is 6.07 Å². The molecule has 0 bridgehead atoms. The average molecular weight is 428 g/mol. The zero-order valence-electron chi connectivity index (χ0n) is 14.0. The van der Waals surface area contributed by atoms with E-state index in [1.165, 1.54) is 24.3 Å². The molecule has 6 nitrogen and oxygen atoms in total. The van der Waals surface area contributed by atoms with Gasteiger partial charge >= 0.3 is 5.97 Å². The molecule has 0 amide bonds. The van der Waals surface area contributed by atoms with E-state index in [9.17, 15) is 14.9 Å². The van der Waals surface area contributed by atoms with Crippen LogP contribution in [0.15, 0.2) is 77.3 Å². The predicted molar refractivity (Wildman–Crippen MR) is 103 cm³/mol. The number of non-ortho nitro benzene ring substituents is 1. The third-order valence-corrected chi connectivity index (χ3v) is 4.36. The summed E-state index contributed by atoms with van der Waals surface area (Å²) in [6.07, 6.45) is 0. The van der Waals surface area contributed by atoms with E-state index in [0.29, 0.717) is 21.5 Å². The van der Waals surface area contributed by atoms with Gasteiger partial charge in [0.15, 0.2) is 0 Å². The van der Waals surface area contributed by atoms with Crippen LogP contribution in [0.1, 0.15) is 15.9 Å².